The highest BCUT2D eigenvalue weighted by Crippen LogP contribution is 2.53. The minimum Gasteiger partial charge on any atom is -0.389 e. The van der Waals surface area contributed by atoms with Crippen LogP contribution in [-0.4, -0.2) is 18.8 Å². The maximum Gasteiger partial charge on any atom is 0.0701 e. The molecule has 2 heteroatoms. The van der Waals surface area contributed by atoms with E-state index in [0.717, 1.165) is 6.42 Å². The van der Waals surface area contributed by atoms with E-state index in [2.05, 4.69) is 19.6 Å². The molecule has 2 aliphatic carbocycles. The molecule has 1 N–H and O–H groups in total. The zero-order chi connectivity index (χ0) is 10.4. The van der Waals surface area contributed by atoms with Crippen LogP contribution in [0.2, 0.25) is 25.7 Å². The Morgan fingerprint density at radius 1 is 1.21 bits per heavy atom. The molecule has 0 amide bonds. The molecule has 0 aromatic heterocycles. The number of hydrogen-bond donors (Lipinski definition) is 1. The van der Waals surface area contributed by atoms with Gasteiger partial charge in [-0.05, 0) is 37.5 Å². The number of hydrogen-bond acceptors (Lipinski definition) is 1. The van der Waals surface area contributed by atoms with Gasteiger partial charge >= 0.3 is 0 Å². The third-order valence-electron chi connectivity index (χ3n) is 4.27. The summed E-state index contributed by atoms with van der Waals surface area (Å²) >= 11 is 0. The molecule has 0 spiro atoms. The molecule has 0 saturated heterocycles. The fraction of sp³-hybridized carbons (Fsp3) is 1.00. The fourth-order valence-electron chi connectivity index (χ4n) is 3.69. The topological polar surface area (TPSA) is 20.2 Å². The van der Waals surface area contributed by atoms with Gasteiger partial charge in [-0.25, -0.2) is 0 Å². The maximum atomic E-state index is 10.7. The predicted octanol–water partition coefficient (Wildman–Crippen LogP) is 3.27. The van der Waals surface area contributed by atoms with Crippen molar-refractivity contribution in [3.05, 3.63) is 0 Å². The van der Waals surface area contributed by atoms with Crippen molar-refractivity contribution in [2.45, 2.75) is 63.4 Å². The summed E-state index contributed by atoms with van der Waals surface area (Å²) in [4.78, 5) is 0. The molecule has 0 bridgehead atoms. The second kappa shape index (κ2) is 3.34. The van der Waals surface area contributed by atoms with Crippen LogP contribution in [0.15, 0.2) is 0 Å². The zero-order valence-electron chi connectivity index (χ0n) is 9.84. The Hall–Kier alpha value is 0.177. The van der Waals surface area contributed by atoms with Crippen LogP contribution in [0.25, 0.3) is 0 Å². The third-order valence-corrected chi connectivity index (χ3v) is 5.98. The molecule has 1 unspecified atom stereocenters. The van der Waals surface area contributed by atoms with Gasteiger partial charge in [0.1, 0.15) is 0 Å². The zero-order valence-corrected chi connectivity index (χ0v) is 10.8. The Kier molecular flexibility index (Phi) is 2.55. The lowest BCUT2D eigenvalue weighted by atomic mass is 9.88. The van der Waals surface area contributed by atoms with Crippen LogP contribution in [0.5, 0.6) is 0 Å². The quantitative estimate of drug-likeness (QED) is 0.697. The minimum atomic E-state index is -0.989. The Labute approximate surface area is 88.9 Å². The molecule has 14 heavy (non-hydrogen) atoms. The maximum absolute atomic E-state index is 10.7. The van der Waals surface area contributed by atoms with E-state index < -0.39 is 8.07 Å². The molecule has 0 aromatic carbocycles. The van der Waals surface area contributed by atoms with Crippen molar-refractivity contribution in [1.82, 2.24) is 0 Å². The molecular weight excluding hydrogens is 188 g/mol. The largest absolute Gasteiger partial charge is 0.389 e. The van der Waals surface area contributed by atoms with Crippen molar-refractivity contribution in [2.24, 2.45) is 11.8 Å². The standard InChI is InChI=1S/C12H24OSi/c1-14(2,3)9-11-7-6-10-5-4-8-12(10,11)13/h10-11,13H,4-9H2,1-3H3/t10?,11-,12+/m1/s1. The molecule has 2 fully saturated rings. The molecule has 0 heterocycles. The van der Waals surface area contributed by atoms with Gasteiger partial charge in [0.15, 0.2) is 0 Å². The molecule has 3 atom stereocenters. The SMILES string of the molecule is C[Si](C)(C)C[C@H]1CCC2CCC[C@]21O. The second-order valence-electron chi connectivity index (χ2n) is 6.62. The number of aliphatic hydroxyl groups is 1. The van der Waals surface area contributed by atoms with Gasteiger partial charge < -0.3 is 5.11 Å². The van der Waals surface area contributed by atoms with Crippen LogP contribution in [0.4, 0.5) is 0 Å². The van der Waals surface area contributed by atoms with Crippen molar-refractivity contribution in [3.63, 3.8) is 0 Å². The van der Waals surface area contributed by atoms with E-state index in [1.807, 2.05) is 0 Å². The van der Waals surface area contributed by atoms with Crippen molar-refractivity contribution in [2.75, 3.05) is 0 Å². The highest BCUT2D eigenvalue weighted by molar-refractivity contribution is 6.76. The van der Waals surface area contributed by atoms with Crippen molar-refractivity contribution in [1.29, 1.82) is 0 Å². The number of rotatable bonds is 2. The summed E-state index contributed by atoms with van der Waals surface area (Å²) in [5.41, 5.74) is -0.236. The summed E-state index contributed by atoms with van der Waals surface area (Å²) in [7, 11) is -0.989. The second-order valence-corrected chi connectivity index (χ2v) is 12.1. The fourth-order valence-corrected chi connectivity index (χ4v) is 5.72. The van der Waals surface area contributed by atoms with Crippen molar-refractivity contribution >= 4 is 8.07 Å². The summed E-state index contributed by atoms with van der Waals surface area (Å²) in [5, 5.41) is 10.7. The molecule has 0 aromatic rings. The summed E-state index contributed by atoms with van der Waals surface area (Å²) < 4.78 is 0. The average molecular weight is 212 g/mol. The molecule has 0 aliphatic heterocycles. The first kappa shape index (κ1) is 10.7. The molecule has 2 saturated carbocycles. The van der Waals surface area contributed by atoms with Gasteiger partial charge in [0.05, 0.1) is 5.60 Å². The van der Waals surface area contributed by atoms with Gasteiger partial charge in [-0.3, -0.25) is 0 Å². The van der Waals surface area contributed by atoms with Crippen molar-refractivity contribution < 1.29 is 5.11 Å². The minimum absolute atomic E-state index is 0.236. The monoisotopic (exact) mass is 212 g/mol. The van der Waals surface area contributed by atoms with Crippen LogP contribution < -0.4 is 0 Å². The van der Waals surface area contributed by atoms with E-state index in [4.69, 9.17) is 0 Å². The van der Waals surface area contributed by atoms with Crippen LogP contribution in [-0.2, 0) is 0 Å². The van der Waals surface area contributed by atoms with Gasteiger partial charge in [-0.2, -0.15) is 0 Å². The van der Waals surface area contributed by atoms with Gasteiger partial charge in [0.2, 0.25) is 0 Å². The van der Waals surface area contributed by atoms with E-state index >= 15 is 0 Å². The summed E-state index contributed by atoms with van der Waals surface area (Å²) in [5.74, 6) is 1.30. The molecule has 2 rings (SSSR count). The Morgan fingerprint density at radius 2 is 1.93 bits per heavy atom. The summed E-state index contributed by atoms with van der Waals surface area (Å²) in [6, 6.07) is 1.33. The van der Waals surface area contributed by atoms with Crippen LogP contribution >= 0.6 is 0 Å². The molecule has 2 aliphatic rings. The highest BCUT2D eigenvalue weighted by atomic mass is 28.3. The molecule has 82 valence electrons. The molecule has 0 radical (unpaired) electrons. The molecular formula is C12H24OSi. The van der Waals surface area contributed by atoms with Crippen molar-refractivity contribution in [3.8, 4) is 0 Å². The molecule has 1 nitrogen and oxygen atoms in total. The van der Waals surface area contributed by atoms with Crippen LogP contribution in [0.3, 0.4) is 0 Å². The van der Waals surface area contributed by atoms with E-state index in [9.17, 15) is 5.11 Å². The number of fused-ring (bicyclic) bond motifs is 1. The van der Waals surface area contributed by atoms with Gasteiger partial charge in [0.25, 0.3) is 0 Å². The third kappa shape index (κ3) is 1.79. The summed E-state index contributed by atoms with van der Waals surface area (Å²) in [6.45, 7) is 7.29. The predicted molar refractivity (Wildman–Crippen MR) is 63.2 cm³/mol. The van der Waals surface area contributed by atoms with Gasteiger partial charge in [0, 0.05) is 8.07 Å². The first-order chi connectivity index (χ1) is 6.42. The first-order valence-electron chi connectivity index (χ1n) is 6.14. The highest BCUT2D eigenvalue weighted by Gasteiger charge is 2.51. The lowest BCUT2D eigenvalue weighted by molar-refractivity contribution is -0.0124. The Bertz CT molecular complexity index is 221. The van der Waals surface area contributed by atoms with E-state index in [-0.39, 0.29) is 5.60 Å². The normalized spacial score (nSPS) is 42.9. The lowest BCUT2D eigenvalue weighted by Gasteiger charge is -2.33. The van der Waals surface area contributed by atoms with E-state index in [0.29, 0.717) is 11.8 Å². The average Bonchev–Trinajstić information content (AvgIpc) is 2.49. The smallest absolute Gasteiger partial charge is 0.0701 e. The van der Waals surface area contributed by atoms with Crippen LogP contribution in [0.1, 0.15) is 32.1 Å². The summed E-state index contributed by atoms with van der Waals surface area (Å²) in [6.07, 6.45) is 6.24. The lowest BCUT2D eigenvalue weighted by Crippen LogP contribution is -2.39. The van der Waals surface area contributed by atoms with E-state index in [1.54, 1.807) is 0 Å². The van der Waals surface area contributed by atoms with Gasteiger partial charge in [-0.1, -0.05) is 32.1 Å². The Balaban J connectivity index is 2.07. The van der Waals surface area contributed by atoms with Gasteiger partial charge in [-0.15, -0.1) is 0 Å². The first-order valence-corrected chi connectivity index (χ1v) is 9.85. The van der Waals surface area contributed by atoms with Crippen LogP contribution in [0, 0.1) is 11.8 Å². The van der Waals surface area contributed by atoms with E-state index in [1.165, 1.54) is 31.7 Å². The Morgan fingerprint density at radius 3 is 2.57 bits per heavy atom.